The number of nitrogens with two attached hydrogens (primary N) is 1. The molecule has 1 fully saturated rings. The zero-order valence-corrected chi connectivity index (χ0v) is 15.5. The number of benzene rings is 1. The van der Waals surface area contributed by atoms with E-state index in [0.29, 0.717) is 18.7 Å². The van der Waals surface area contributed by atoms with E-state index >= 15 is 0 Å². The summed E-state index contributed by atoms with van der Waals surface area (Å²) >= 11 is 0. The molecule has 3 amide bonds. The van der Waals surface area contributed by atoms with Crippen LogP contribution in [0.25, 0.3) is 0 Å². The van der Waals surface area contributed by atoms with Crippen molar-refractivity contribution in [2.24, 2.45) is 5.73 Å². The van der Waals surface area contributed by atoms with E-state index in [-0.39, 0.29) is 16.8 Å². The standard InChI is InChI=1S/C20H20N4O5/c21-17(25)13-7-8-15(22-11-13)18(26)23-14-5-3-4-12(10-14)19(27)24-9-2-1-6-16(24)20(28)29/h3-5,7-8,10-11,16H,1-2,6,9H2,(H2,21,25)(H,23,26)(H,28,29). The van der Waals surface area contributed by atoms with Crippen LogP contribution in [0.4, 0.5) is 5.69 Å². The van der Waals surface area contributed by atoms with Crippen LogP contribution in [-0.2, 0) is 4.79 Å². The Hall–Kier alpha value is -3.75. The molecule has 0 saturated carbocycles. The number of primary amides is 1. The smallest absolute Gasteiger partial charge is 0.326 e. The van der Waals surface area contributed by atoms with E-state index in [1.807, 2.05) is 0 Å². The van der Waals surface area contributed by atoms with Crippen LogP contribution >= 0.6 is 0 Å². The van der Waals surface area contributed by atoms with Crippen LogP contribution in [0.2, 0.25) is 0 Å². The molecule has 1 aromatic heterocycles. The summed E-state index contributed by atoms with van der Waals surface area (Å²) in [7, 11) is 0. The summed E-state index contributed by atoms with van der Waals surface area (Å²) in [6.45, 7) is 0.377. The Balaban J connectivity index is 1.75. The van der Waals surface area contributed by atoms with E-state index in [9.17, 15) is 24.3 Å². The van der Waals surface area contributed by atoms with Gasteiger partial charge in [0.25, 0.3) is 11.8 Å². The minimum atomic E-state index is -1.02. The fraction of sp³-hybridized carbons (Fsp3) is 0.250. The molecule has 0 spiro atoms. The van der Waals surface area contributed by atoms with E-state index in [1.54, 1.807) is 18.2 Å². The number of amides is 3. The second kappa shape index (κ2) is 8.51. The van der Waals surface area contributed by atoms with Crippen molar-refractivity contribution in [2.45, 2.75) is 25.3 Å². The van der Waals surface area contributed by atoms with Gasteiger partial charge in [-0.1, -0.05) is 6.07 Å². The number of likely N-dealkylation sites (tertiary alicyclic amines) is 1. The number of carbonyl (C=O) groups is 4. The zero-order chi connectivity index (χ0) is 21.0. The first kappa shape index (κ1) is 20.0. The molecule has 1 aromatic carbocycles. The molecule has 150 valence electrons. The van der Waals surface area contributed by atoms with Gasteiger partial charge in [0.15, 0.2) is 0 Å². The van der Waals surface area contributed by atoms with Gasteiger partial charge < -0.3 is 21.1 Å². The Labute approximate surface area is 166 Å². The number of nitrogens with one attached hydrogen (secondary N) is 1. The Morgan fingerprint density at radius 2 is 1.90 bits per heavy atom. The summed E-state index contributed by atoms with van der Waals surface area (Å²) in [6, 6.07) is 8.20. The molecule has 2 heterocycles. The zero-order valence-electron chi connectivity index (χ0n) is 15.5. The molecule has 29 heavy (non-hydrogen) atoms. The molecule has 1 aliphatic heterocycles. The molecule has 9 nitrogen and oxygen atoms in total. The normalized spacial score (nSPS) is 16.1. The minimum Gasteiger partial charge on any atom is -0.480 e. The van der Waals surface area contributed by atoms with Crippen molar-refractivity contribution in [3.8, 4) is 0 Å². The molecule has 0 aliphatic carbocycles. The lowest BCUT2D eigenvalue weighted by molar-refractivity contribution is -0.143. The maximum Gasteiger partial charge on any atom is 0.326 e. The van der Waals surface area contributed by atoms with Crippen molar-refractivity contribution in [3.05, 3.63) is 59.4 Å². The summed E-state index contributed by atoms with van der Waals surface area (Å²) in [5, 5.41) is 12.0. The van der Waals surface area contributed by atoms with Crippen molar-refractivity contribution >= 4 is 29.4 Å². The maximum atomic E-state index is 12.8. The highest BCUT2D eigenvalue weighted by Gasteiger charge is 2.32. The molecule has 1 saturated heterocycles. The third kappa shape index (κ3) is 4.57. The SMILES string of the molecule is NC(=O)c1ccc(C(=O)Nc2cccc(C(=O)N3CCCCC3C(=O)O)c2)nc1. The maximum absolute atomic E-state index is 12.8. The average Bonchev–Trinajstić information content (AvgIpc) is 2.73. The van der Waals surface area contributed by atoms with Crippen LogP contribution in [-0.4, -0.2) is 51.3 Å². The Morgan fingerprint density at radius 3 is 2.55 bits per heavy atom. The second-order valence-corrected chi connectivity index (χ2v) is 6.68. The van der Waals surface area contributed by atoms with E-state index in [1.165, 1.54) is 29.3 Å². The van der Waals surface area contributed by atoms with E-state index in [0.717, 1.165) is 12.8 Å². The third-order valence-electron chi connectivity index (χ3n) is 4.70. The quantitative estimate of drug-likeness (QED) is 0.699. The predicted octanol–water partition coefficient (Wildman–Crippen LogP) is 1.51. The van der Waals surface area contributed by atoms with Crippen LogP contribution < -0.4 is 11.1 Å². The third-order valence-corrected chi connectivity index (χ3v) is 4.70. The van der Waals surface area contributed by atoms with Gasteiger partial charge in [-0.25, -0.2) is 4.79 Å². The molecule has 0 radical (unpaired) electrons. The van der Waals surface area contributed by atoms with Crippen LogP contribution in [0.1, 0.15) is 50.5 Å². The van der Waals surface area contributed by atoms with Crippen molar-refractivity contribution in [3.63, 3.8) is 0 Å². The number of hydrogen-bond acceptors (Lipinski definition) is 5. The van der Waals surface area contributed by atoms with Gasteiger partial charge in [0.1, 0.15) is 11.7 Å². The first-order chi connectivity index (χ1) is 13.9. The van der Waals surface area contributed by atoms with Crippen molar-refractivity contribution in [2.75, 3.05) is 11.9 Å². The number of hydrogen-bond donors (Lipinski definition) is 3. The minimum absolute atomic E-state index is 0.0775. The number of nitrogens with zero attached hydrogens (tertiary/aromatic N) is 2. The van der Waals surface area contributed by atoms with Gasteiger partial charge >= 0.3 is 5.97 Å². The summed E-state index contributed by atoms with van der Waals surface area (Å²) in [5.74, 6) is -2.58. The van der Waals surface area contributed by atoms with Gasteiger partial charge in [-0.3, -0.25) is 19.4 Å². The molecule has 0 bridgehead atoms. The topological polar surface area (TPSA) is 143 Å². The number of anilines is 1. The van der Waals surface area contributed by atoms with Gasteiger partial charge in [0, 0.05) is 24.0 Å². The first-order valence-electron chi connectivity index (χ1n) is 9.08. The number of aromatic nitrogens is 1. The van der Waals surface area contributed by atoms with Crippen LogP contribution in [0.15, 0.2) is 42.6 Å². The molecule has 1 atom stereocenters. The molecular formula is C20H20N4O5. The number of pyridine rings is 1. The lowest BCUT2D eigenvalue weighted by Gasteiger charge is -2.33. The number of piperidine rings is 1. The highest BCUT2D eigenvalue weighted by atomic mass is 16.4. The van der Waals surface area contributed by atoms with Gasteiger partial charge in [-0.05, 0) is 49.6 Å². The molecule has 1 aliphatic rings. The summed E-state index contributed by atoms with van der Waals surface area (Å²) < 4.78 is 0. The molecule has 3 rings (SSSR count). The fourth-order valence-electron chi connectivity index (χ4n) is 3.20. The fourth-order valence-corrected chi connectivity index (χ4v) is 3.20. The first-order valence-corrected chi connectivity index (χ1v) is 9.08. The van der Waals surface area contributed by atoms with Crippen LogP contribution in [0, 0.1) is 0 Å². The summed E-state index contributed by atoms with van der Waals surface area (Å²) in [5.41, 5.74) is 6.06. The Kier molecular flexibility index (Phi) is 5.87. The highest BCUT2D eigenvalue weighted by Crippen LogP contribution is 2.21. The second-order valence-electron chi connectivity index (χ2n) is 6.68. The van der Waals surface area contributed by atoms with Crippen molar-refractivity contribution in [1.29, 1.82) is 0 Å². The van der Waals surface area contributed by atoms with E-state index in [4.69, 9.17) is 5.73 Å². The van der Waals surface area contributed by atoms with E-state index in [2.05, 4.69) is 10.3 Å². The predicted molar refractivity (Wildman–Crippen MR) is 103 cm³/mol. The molecule has 1 unspecified atom stereocenters. The number of carboxylic acid groups (broad SMARTS) is 1. The lowest BCUT2D eigenvalue weighted by Crippen LogP contribution is -2.48. The van der Waals surface area contributed by atoms with Gasteiger partial charge in [0.05, 0.1) is 5.56 Å². The van der Waals surface area contributed by atoms with Gasteiger partial charge in [-0.15, -0.1) is 0 Å². The Bertz CT molecular complexity index is 958. The molecule has 9 heteroatoms. The van der Waals surface area contributed by atoms with Gasteiger partial charge in [0.2, 0.25) is 5.91 Å². The van der Waals surface area contributed by atoms with Crippen LogP contribution in [0.5, 0.6) is 0 Å². The molecule has 2 aromatic rings. The lowest BCUT2D eigenvalue weighted by atomic mass is 10.0. The molecule has 4 N–H and O–H groups in total. The van der Waals surface area contributed by atoms with Gasteiger partial charge in [-0.2, -0.15) is 0 Å². The van der Waals surface area contributed by atoms with Crippen molar-refractivity contribution < 1.29 is 24.3 Å². The largest absolute Gasteiger partial charge is 0.480 e. The Morgan fingerprint density at radius 1 is 1.10 bits per heavy atom. The number of rotatable bonds is 5. The number of carboxylic acids is 1. The monoisotopic (exact) mass is 396 g/mol. The van der Waals surface area contributed by atoms with Crippen LogP contribution in [0.3, 0.4) is 0 Å². The average molecular weight is 396 g/mol. The van der Waals surface area contributed by atoms with E-state index < -0.39 is 29.7 Å². The summed E-state index contributed by atoms with van der Waals surface area (Å²) in [6.07, 6.45) is 3.14. The van der Waals surface area contributed by atoms with Crippen molar-refractivity contribution in [1.82, 2.24) is 9.88 Å². The summed E-state index contributed by atoms with van der Waals surface area (Å²) in [4.78, 5) is 53.0. The number of carbonyl (C=O) groups excluding carboxylic acids is 3. The highest BCUT2D eigenvalue weighted by molar-refractivity contribution is 6.04. The molecular weight excluding hydrogens is 376 g/mol. The number of aliphatic carboxylic acids is 1.